The molecule has 0 radical (unpaired) electrons. The fourth-order valence-electron chi connectivity index (χ4n) is 0.817. The van der Waals surface area contributed by atoms with Gasteiger partial charge in [-0.1, -0.05) is 5.92 Å². The number of anilines is 1. The average Bonchev–Trinajstić information content (AvgIpc) is 2.20. The van der Waals surface area contributed by atoms with Crippen LogP contribution in [0.25, 0.3) is 0 Å². The maximum atomic E-state index is 11.2. The molecule has 1 amide bonds. The number of terminal acetylenes is 1. The Kier molecular flexibility index (Phi) is 4.11. The third-order valence-corrected chi connectivity index (χ3v) is 1.36. The molecule has 72 valence electrons. The van der Waals surface area contributed by atoms with Gasteiger partial charge in [-0.3, -0.25) is 10.1 Å². The number of carbonyl (C=O) groups is 1. The van der Waals surface area contributed by atoms with Gasteiger partial charge >= 0.3 is 0 Å². The minimum atomic E-state index is -0.171. The molecule has 0 saturated heterocycles. The predicted molar refractivity (Wildman–Crippen MR) is 52.4 cm³/mol. The molecule has 0 spiro atoms. The van der Waals surface area contributed by atoms with Crippen molar-refractivity contribution in [3.8, 4) is 12.3 Å². The van der Waals surface area contributed by atoms with Crippen LogP contribution in [0.15, 0.2) is 18.7 Å². The van der Waals surface area contributed by atoms with Crippen LogP contribution in [0.1, 0.15) is 0 Å². The van der Waals surface area contributed by atoms with Gasteiger partial charge < -0.3 is 5.32 Å². The summed E-state index contributed by atoms with van der Waals surface area (Å²) in [6.45, 7) is 0.553. The van der Waals surface area contributed by atoms with E-state index < -0.39 is 0 Å². The van der Waals surface area contributed by atoms with Gasteiger partial charge in [0, 0.05) is 0 Å². The van der Waals surface area contributed by atoms with E-state index in [0.29, 0.717) is 12.2 Å². The molecule has 1 aromatic rings. The summed E-state index contributed by atoms with van der Waals surface area (Å²) in [5.41, 5.74) is 0.569. The zero-order chi connectivity index (χ0) is 10.2. The zero-order valence-electron chi connectivity index (χ0n) is 7.53. The summed E-state index contributed by atoms with van der Waals surface area (Å²) >= 11 is 0. The van der Waals surface area contributed by atoms with Gasteiger partial charge in [0.2, 0.25) is 5.91 Å². The van der Waals surface area contributed by atoms with Gasteiger partial charge in [0.25, 0.3) is 0 Å². The Morgan fingerprint density at radius 3 is 2.86 bits per heavy atom. The van der Waals surface area contributed by atoms with Crippen LogP contribution >= 0.6 is 0 Å². The summed E-state index contributed by atoms with van der Waals surface area (Å²) in [6, 6.07) is 0. The number of aromatic nitrogens is 2. The van der Waals surface area contributed by atoms with Crippen LogP contribution in [-0.4, -0.2) is 29.0 Å². The monoisotopic (exact) mass is 190 g/mol. The highest BCUT2D eigenvalue weighted by molar-refractivity contribution is 5.91. The van der Waals surface area contributed by atoms with Gasteiger partial charge in [-0.25, -0.2) is 9.97 Å². The predicted octanol–water partition coefficient (Wildman–Crippen LogP) is -0.362. The lowest BCUT2D eigenvalue weighted by atomic mass is 10.5. The molecule has 2 N–H and O–H groups in total. The van der Waals surface area contributed by atoms with Crippen LogP contribution < -0.4 is 10.6 Å². The Morgan fingerprint density at radius 1 is 1.50 bits per heavy atom. The molecule has 0 aliphatic heterocycles. The van der Waals surface area contributed by atoms with Crippen molar-refractivity contribution in [1.29, 1.82) is 0 Å². The Morgan fingerprint density at radius 2 is 2.21 bits per heavy atom. The number of nitrogens with zero attached hydrogens (tertiary/aromatic N) is 2. The molecule has 0 saturated carbocycles. The smallest absolute Gasteiger partial charge is 0.238 e. The SMILES string of the molecule is C#CCNCC(=O)Nc1cncnc1. The van der Waals surface area contributed by atoms with Crippen LogP contribution in [0, 0.1) is 12.3 Å². The molecule has 0 unspecified atom stereocenters. The van der Waals surface area contributed by atoms with Gasteiger partial charge in [0.05, 0.1) is 31.2 Å². The number of amides is 1. The van der Waals surface area contributed by atoms with Crippen molar-refractivity contribution in [1.82, 2.24) is 15.3 Å². The van der Waals surface area contributed by atoms with Crippen LogP contribution in [0.2, 0.25) is 0 Å². The molecule has 5 nitrogen and oxygen atoms in total. The summed E-state index contributed by atoms with van der Waals surface area (Å²) in [5, 5.41) is 5.37. The second kappa shape index (κ2) is 5.67. The van der Waals surface area contributed by atoms with Gasteiger partial charge in [-0.15, -0.1) is 6.42 Å². The fraction of sp³-hybridized carbons (Fsp3) is 0.222. The summed E-state index contributed by atoms with van der Waals surface area (Å²) in [7, 11) is 0. The topological polar surface area (TPSA) is 66.9 Å². The maximum Gasteiger partial charge on any atom is 0.238 e. The molecular formula is C9H10N4O. The van der Waals surface area contributed by atoms with Gasteiger partial charge in [-0.2, -0.15) is 0 Å². The standard InChI is InChI=1S/C9H10N4O/c1-2-3-10-6-9(14)13-8-4-11-7-12-5-8/h1,4-5,7,10H,3,6H2,(H,13,14). The van der Waals surface area contributed by atoms with E-state index in [4.69, 9.17) is 6.42 Å². The van der Waals surface area contributed by atoms with Gasteiger partial charge in [0.1, 0.15) is 6.33 Å². The highest BCUT2D eigenvalue weighted by Crippen LogP contribution is 1.98. The molecule has 0 atom stereocenters. The first kappa shape index (κ1) is 10.2. The van der Waals surface area contributed by atoms with E-state index in [1.807, 2.05) is 0 Å². The molecule has 1 rings (SSSR count). The Hall–Kier alpha value is -1.93. The largest absolute Gasteiger partial charge is 0.322 e. The molecule has 0 aromatic carbocycles. The van der Waals surface area contributed by atoms with Gasteiger partial charge in [-0.05, 0) is 0 Å². The van der Waals surface area contributed by atoms with Crippen LogP contribution in [0.4, 0.5) is 5.69 Å². The second-order valence-corrected chi connectivity index (χ2v) is 2.48. The first-order valence-electron chi connectivity index (χ1n) is 4.02. The molecule has 1 aromatic heterocycles. The number of rotatable bonds is 4. The number of hydrogen-bond donors (Lipinski definition) is 2. The van der Waals surface area contributed by atoms with Crippen molar-refractivity contribution in [2.45, 2.75) is 0 Å². The van der Waals surface area contributed by atoms with E-state index in [9.17, 15) is 4.79 Å². The van der Waals surface area contributed by atoms with Crippen LogP contribution in [0.5, 0.6) is 0 Å². The first-order chi connectivity index (χ1) is 6.83. The number of carbonyl (C=O) groups excluding carboxylic acids is 1. The molecule has 0 aliphatic rings. The summed E-state index contributed by atoms with van der Waals surface area (Å²) in [6.07, 6.45) is 9.44. The quantitative estimate of drug-likeness (QED) is 0.502. The van der Waals surface area contributed by atoms with E-state index in [1.54, 1.807) is 0 Å². The minimum absolute atomic E-state index is 0.171. The lowest BCUT2D eigenvalue weighted by Gasteiger charge is -2.03. The summed E-state index contributed by atoms with van der Waals surface area (Å²) in [5.74, 6) is 2.20. The lowest BCUT2D eigenvalue weighted by molar-refractivity contribution is -0.115. The highest BCUT2D eigenvalue weighted by Gasteiger charge is 2.00. The van der Waals surface area contributed by atoms with Gasteiger partial charge in [0.15, 0.2) is 0 Å². The third-order valence-electron chi connectivity index (χ3n) is 1.36. The van der Waals surface area contributed by atoms with E-state index >= 15 is 0 Å². The Labute approximate surface area is 82.0 Å². The minimum Gasteiger partial charge on any atom is -0.322 e. The van der Waals surface area contributed by atoms with E-state index in [2.05, 4.69) is 26.5 Å². The van der Waals surface area contributed by atoms with Crippen LogP contribution in [-0.2, 0) is 4.79 Å². The molecule has 0 bridgehead atoms. The third kappa shape index (κ3) is 3.65. The molecular weight excluding hydrogens is 180 g/mol. The second-order valence-electron chi connectivity index (χ2n) is 2.48. The normalized spacial score (nSPS) is 9.07. The van der Waals surface area contributed by atoms with Crippen molar-refractivity contribution in [2.24, 2.45) is 0 Å². The van der Waals surface area contributed by atoms with Crippen molar-refractivity contribution in [3.63, 3.8) is 0 Å². The van der Waals surface area contributed by atoms with Crippen molar-refractivity contribution < 1.29 is 4.79 Å². The van der Waals surface area contributed by atoms with E-state index in [1.165, 1.54) is 18.7 Å². The van der Waals surface area contributed by atoms with Crippen molar-refractivity contribution in [3.05, 3.63) is 18.7 Å². The fourth-order valence-corrected chi connectivity index (χ4v) is 0.817. The average molecular weight is 190 g/mol. The number of hydrogen-bond acceptors (Lipinski definition) is 4. The Bertz CT molecular complexity index is 330. The molecule has 0 fully saturated rings. The summed E-state index contributed by atoms with van der Waals surface area (Å²) in [4.78, 5) is 18.7. The van der Waals surface area contributed by atoms with E-state index in [0.717, 1.165) is 0 Å². The molecule has 0 aliphatic carbocycles. The van der Waals surface area contributed by atoms with E-state index in [-0.39, 0.29) is 12.5 Å². The van der Waals surface area contributed by atoms with Crippen molar-refractivity contribution >= 4 is 11.6 Å². The lowest BCUT2D eigenvalue weighted by Crippen LogP contribution is -2.28. The molecule has 14 heavy (non-hydrogen) atoms. The molecule has 1 heterocycles. The first-order valence-corrected chi connectivity index (χ1v) is 4.02. The number of nitrogens with one attached hydrogen (secondary N) is 2. The molecule has 5 heteroatoms. The maximum absolute atomic E-state index is 11.2. The highest BCUT2D eigenvalue weighted by atomic mass is 16.1. The van der Waals surface area contributed by atoms with Crippen LogP contribution in [0.3, 0.4) is 0 Å². The zero-order valence-corrected chi connectivity index (χ0v) is 7.53. The van der Waals surface area contributed by atoms with Crippen molar-refractivity contribution in [2.75, 3.05) is 18.4 Å². The Balaban J connectivity index is 2.32. The summed E-state index contributed by atoms with van der Waals surface area (Å²) < 4.78 is 0.